The van der Waals surface area contributed by atoms with Crippen LogP contribution in [0, 0.1) is 11.7 Å². The highest BCUT2D eigenvalue weighted by Gasteiger charge is 2.30. The lowest BCUT2D eigenvalue weighted by Gasteiger charge is -2.37. The quantitative estimate of drug-likeness (QED) is 0.633. The van der Waals surface area contributed by atoms with E-state index in [1.807, 2.05) is 23.1 Å². The number of halogens is 1. The largest absolute Gasteiger partial charge is 0.356 e. The van der Waals surface area contributed by atoms with Crippen LogP contribution in [0.25, 0.3) is 0 Å². The average molecular weight is 532 g/mol. The summed E-state index contributed by atoms with van der Waals surface area (Å²) < 4.78 is 41.6. The fraction of sp³-hybridized carbons (Fsp3) is 0.500. The van der Waals surface area contributed by atoms with Crippen molar-refractivity contribution in [3.63, 3.8) is 0 Å². The summed E-state index contributed by atoms with van der Waals surface area (Å²) in [5.74, 6) is -0.682. The van der Waals surface area contributed by atoms with Gasteiger partial charge in [-0.15, -0.1) is 0 Å². The summed E-state index contributed by atoms with van der Waals surface area (Å²) in [6.45, 7) is 3.12. The van der Waals surface area contributed by atoms with Gasteiger partial charge in [-0.25, -0.2) is 22.1 Å². The van der Waals surface area contributed by atoms with Gasteiger partial charge >= 0.3 is 0 Å². The van der Waals surface area contributed by atoms with E-state index in [1.54, 1.807) is 12.3 Å². The molecule has 2 aliphatic heterocycles. The Morgan fingerprint density at radius 1 is 1.00 bits per heavy atom. The Morgan fingerprint density at radius 2 is 1.76 bits per heavy atom. The molecule has 0 radical (unpaired) electrons. The molecule has 1 atom stereocenters. The first-order valence-electron chi connectivity index (χ1n) is 12.8. The molecule has 0 bridgehead atoms. The van der Waals surface area contributed by atoms with Crippen LogP contribution in [-0.2, 0) is 25.4 Å². The molecule has 4 rings (SSSR count). The number of nitrogens with one attached hydrogen (secondary N) is 1. The van der Waals surface area contributed by atoms with E-state index in [4.69, 9.17) is 0 Å². The molecule has 3 heterocycles. The van der Waals surface area contributed by atoms with Gasteiger partial charge in [0.05, 0.1) is 5.75 Å². The van der Waals surface area contributed by atoms with E-state index in [9.17, 15) is 22.4 Å². The number of hydrogen-bond donors (Lipinski definition) is 1. The Bertz CT molecular complexity index is 1170. The van der Waals surface area contributed by atoms with Gasteiger partial charge in [0.25, 0.3) is 0 Å². The molecule has 1 unspecified atom stereocenters. The molecule has 0 saturated carbocycles. The van der Waals surface area contributed by atoms with Gasteiger partial charge in [-0.05, 0) is 37.5 Å². The van der Waals surface area contributed by atoms with E-state index in [1.165, 1.54) is 22.5 Å². The van der Waals surface area contributed by atoms with Crippen molar-refractivity contribution in [1.29, 1.82) is 0 Å². The molecule has 1 aromatic heterocycles. The summed E-state index contributed by atoms with van der Waals surface area (Å²) in [6.07, 6.45) is 3.27. The van der Waals surface area contributed by atoms with Crippen molar-refractivity contribution >= 4 is 27.7 Å². The van der Waals surface area contributed by atoms with Gasteiger partial charge in [-0.3, -0.25) is 9.59 Å². The number of hydrogen-bond acceptors (Lipinski definition) is 6. The first-order chi connectivity index (χ1) is 17.8. The molecule has 11 heteroatoms. The molecule has 200 valence electrons. The van der Waals surface area contributed by atoms with Crippen LogP contribution in [0.3, 0.4) is 0 Å². The predicted octanol–water partition coefficient (Wildman–Crippen LogP) is 2.01. The molecule has 9 nitrogen and oxygen atoms in total. The van der Waals surface area contributed by atoms with Crippen molar-refractivity contribution < 1.29 is 22.4 Å². The first-order valence-corrected chi connectivity index (χ1v) is 14.4. The number of piperazine rings is 1. The summed E-state index contributed by atoms with van der Waals surface area (Å²) in [4.78, 5) is 34.1. The molecule has 2 saturated heterocycles. The average Bonchev–Trinajstić information content (AvgIpc) is 2.95. The normalized spacial score (nSPS) is 20.7. The van der Waals surface area contributed by atoms with Gasteiger partial charge < -0.3 is 15.1 Å². The number of aromatic nitrogens is 1. The molecular formula is C26H34FN5O4S. The Labute approximate surface area is 217 Å². The number of anilines is 1. The second-order valence-electron chi connectivity index (χ2n) is 9.47. The van der Waals surface area contributed by atoms with Crippen molar-refractivity contribution in [2.75, 3.05) is 50.7 Å². The maximum Gasteiger partial charge on any atom is 0.225 e. The maximum atomic E-state index is 14.1. The lowest BCUT2D eigenvalue weighted by molar-refractivity contribution is -0.136. The molecule has 1 aromatic carbocycles. The topological polar surface area (TPSA) is 103 Å². The van der Waals surface area contributed by atoms with Crippen LogP contribution in [-0.4, -0.2) is 80.2 Å². The number of nitrogens with zero attached hydrogens (tertiary/aromatic N) is 4. The van der Waals surface area contributed by atoms with Gasteiger partial charge in [0.15, 0.2) is 0 Å². The third-order valence-corrected chi connectivity index (χ3v) is 8.79. The first kappa shape index (κ1) is 27.0. The summed E-state index contributed by atoms with van der Waals surface area (Å²) >= 11 is 0. The third-order valence-electron chi connectivity index (χ3n) is 6.97. The van der Waals surface area contributed by atoms with Crippen LogP contribution < -0.4 is 10.2 Å². The molecule has 0 spiro atoms. The predicted molar refractivity (Wildman–Crippen MR) is 139 cm³/mol. The highest BCUT2D eigenvalue weighted by molar-refractivity contribution is 7.88. The minimum atomic E-state index is -3.85. The zero-order chi connectivity index (χ0) is 26.3. The Morgan fingerprint density at radius 3 is 2.49 bits per heavy atom. The van der Waals surface area contributed by atoms with E-state index in [0.29, 0.717) is 52.0 Å². The summed E-state index contributed by atoms with van der Waals surface area (Å²) in [5, 5.41) is 2.82. The van der Waals surface area contributed by atoms with Gasteiger partial charge in [-0.1, -0.05) is 24.3 Å². The highest BCUT2D eigenvalue weighted by Crippen LogP contribution is 2.21. The number of sulfonamides is 1. The molecule has 2 fully saturated rings. The van der Waals surface area contributed by atoms with Crippen LogP contribution in [0.15, 0.2) is 48.7 Å². The third kappa shape index (κ3) is 7.26. The SMILES string of the molecule is O=C1CCN(S(=O)(=O)Cc2ccccc2F)CCCC(C(=O)N2CCN(c3ccccn3)CC2)CCN1. The van der Waals surface area contributed by atoms with E-state index in [-0.39, 0.29) is 42.8 Å². The van der Waals surface area contributed by atoms with Crippen molar-refractivity contribution in [2.45, 2.75) is 31.4 Å². The molecule has 0 aliphatic carbocycles. The van der Waals surface area contributed by atoms with Gasteiger partial charge in [0.1, 0.15) is 11.6 Å². The molecule has 2 amide bonds. The number of amides is 2. The maximum absolute atomic E-state index is 14.1. The second kappa shape index (κ2) is 12.5. The summed E-state index contributed by atoms with van der Waals surface area (Å²) in [6, 6.07) is 11.6. The molecule has 2 aromatic rings. The number of rotatable bonds is 5. The highest BCUT2D eigenvalue weighted by atomic mass is 32.2. The molecule has 1 N–H and O–H groups in total. The van der Waals surface area contributed by atoms with Crippen LogP contribution in [0.4, 0.5) is 10.2 Å². The van der Waals surface area contributed by atoms with Crippen molar-refractivity contribution in [3.05, 3.63) is 60.0 Å². The number of pyridine rings is 1. The second-order valence-corrected chi connectivity index (χ2v) is 11.4. The molecule has 37 heavy (non-hydrogen) atoms. The lowest BCUT2D eigenvalue weighted by atomic mass is 9.97. The minimum absolute atomic E-state index is 0.0184. The Hall–Kier alpha value is -3.05. The zero-order valence-corrected chi connectivity index (χ0v) is 21.7. The van der Waals surface area contributed by atoms with Crippen molar-refractivity contribution in [2.24, 2.45) is 5.92 Å². The van der Waals surface area contributed by atoms with Crippen LogP contribution in [0.1, 0.15) is 31.2 Å². The van der Waals surface area contributed by atoms with Gasteiger partial charge in [-0.2, -0.15) is 0 Å². The van der Waals surface area contributed by atoms with Crippen molar-refractivity contribution in [1.82, 2.24) is 19.5 Å². The van der Waals surface area contributed by atoms with Crippen molar-refractivity contribution in [3.8, 4) is 0 Å². The Balaban J connectivity index is 1.38. The number of carbonyl (C=O) groups excluding carboxylic acids is 2. The lowest BCUT2D eigenvalue weighted by Crippen LogP contribution is -2.51. The fourth-order valence-corrected chi connectivity index (χ4v) is 6.44. The molecule has 2 aliphatic rings. The summed E-state index contributed by atoms with van der Waals surface area (Å²) in [7, 11) is -3.85. The monoisotopic (exact) mass is 531 g/mol. The van der Waals surface area contributed by atoms with E-state index < -0.39 is 21.6 Å². The van der Waals surface area contributed by atoms with Crippen LogP contribution >= 0.6 is 0 Å². The standard InChI is InChI=1S/C26H34FN5O4S/c27-23-8-2-1-6-22(23)20-37(35,36)32-14-5-7-21(10-13-29-25(33)11-15-32)26(34)31-18-16-30(17-19-31)24-9-3-4-12-28-24/h1-4,6,8-9,12,21H,5,7,10-11,13-20H2,(H,29,33). The van der Waals surface area contributed by atoms with Crippen LogP contribution in [0.5, 0.6) is 0 Å². The summed E-state index contributed by atoms with van der Waals surface area (Å²) in [5.41, 5.74) is 0.0965. The zero-order valence-electron chi connectivity index (χ0n) is 20.9. The van der Waals surface area contributed by atoms with E-state index >= 15 is 0 Å². The van der Waals surface area contributed by atoms with E-state index in [2.05, 4.69) is 15.2 Å². The number of carbonyl (C=O) groups is 2. The van der Waals surface area contributed by atoms with Crippen LogP contribution in [0.2, 0.25) is 0 Å². The van der Waals surface area contributed by atoms with E-state index in [0.717, 1.165) is 5.82 Å². The van der Waals surface area contributed by atoms with Gasteiger partial charge in [0, 0.05) is 69.9 Å². The number of benzene rings is 1. The van der Waals surface area contributed by atoms with Gasteiger partial charge in [0.2, 0.25) is 21.8 Å². The smallest absolute Gasteiger partial charge is 0.225 e. The Kier molecular flexibility index (Phi) is 9.09. The minimum Gasteiger partial charge on any atom is -0.356 e. The fourth-order valence-electron chi connectivity index (χ4n) is 4.85. The molecular weight excluding hydrogens is 497 g/mol.